The van der Waals surface area contributed by atoms with Gasteiger partial charge in [0.05, 0.1) is 12.6 Å². The van der Waals surface area contributed by atoms with E-state index >= 15 is 0 Å². The molecule has 1 aromatic rings. The molecule has 0 radical (unpaired) electrons. The number of alkyl halides is 1. The zero-order valence-electron chi connectivity index (χ0n) is 8.67. The summed E-state index contributed by atoms with van der Waals surface area (Å²) in [4.78, 5) is 13.2. The Morgan fingerprint density at radius 1 is 1.31 bits per heavy atom. The van der Waals surface area contributed by atoms with E-state index in [9.17, 15) is 9.18 Å². The van der Waals surface area contributed by atoms with E-state index in [-0.39, 0.29) is 12.5 Å². The highest BCUT2D eigenvalue weighted by Crippen LogP contribution is 2.37. The van der Waals surface area contributed by atoms with E-state index in [1.807, 2.05) is 30.3 Å². The Morgan fingerprint density at radius 2 is 2.06 bits per heavy atom. The predicted octanol–water partition coefficient (Wildman–Crippen LogP) is 1.65. The highest BCUT2D eigenvalue weighted by molar-refractivity contribution is 5.84. The summed E-state index contributed by atoms with van der Waals surface area (Å²) < 4.78 is 18.8. The van der Waals surface area contributed by atoms with E-state index in [4.69, 9.17) is 4.74 Å². The first kappa shape index (κ1) is 9.78. The van der Waals surface area contributed by atoms with Crippen LogP contribution in [0, 0.1) is 0 Å². The minimum Gasteiger partial charge on any atom is -0.352 e. The summed E-state index contributed by atoms with van der Waals surface area (Å²) in [5.74, 6) is -0.434. The number of carbonyl (C=O) groups excluding carboxylic acids is 1. The number of halogens is 1. The predicted molar refractivity (Wildman–Crippen MR) is 55.3 cm³/mol. The van der Waals surface area contributed by atoms with E-state index in [1.165, 1.54) is 0 Å². The number of carbonyl (C=O) groups is 1. The van der Waals surface area contributed by atoms with E-state index in [2.05, 4.69) is 0 Å². The number of nitrogens with zero attached hydrogens (tertiary/aromatic N) is 1. The minimum atomic E-state index is -1.35. The molecule has 2 fully saturated rings. The van der Waals surface area contributed by atoms with Crippen molar-refractivity contribution in [2.24, 2.45) is 0 Å². The van der Waals surface area contributed by atoms with Gasteiger partial charge in [0.2, 0.25) is 0 Å². The van der Waals surface area contributed by atoms with Crippen LogP contribution in [-0.2, 0) is 9.53 Å². The average molecular weight is 221 g/mol. The van der Waals surface area contributed by atoms with Crippen LogP contribution in [0.25, 0.3) is 0 Å². The normalized spacial score (nSPS) is 33.2. The first-order valence-corrected chi connectivity index (χ1v) is 5.40. The fraction of sp³-hybridized carbons (Fsp3) is 0.417. The molecular formula is C12H12FNO2. The molecule has 3 nitrogen and oxygen atoms in total. The Balaban J connectivity index is 1.91. The van der Waals surface area contributed by atoms with Gasteiger partial charge >= 0.3 is 0 Å². The van der Waals surface area contributed by atoms with Crippen molar-refractivity contribution < 1.29 is 13.9 Å². The summed E-state index contributed by atoms with van der Waals surface area (Å²) >= 11 is 0. The highest BCUT2D eigenvalue weighted by Gasteiger charge is 2.48. The van der Waals surface area contributed by atoms with Gasteiger partial charge in [-0.2, -0.15) is 0 Å². The molecule has 0 bridgehead atoms. The molecule has 0 aromatic heterocycles. The molecular weight excluding hydrogens is 209 g/mol. The van der Waals surface area contributed by atoms with Crippen molar-refractivity contribution in [3.63, 3.8) is 0 Å². The van der Waals surface area contributed by atoms with Crippen molar-refractivity contribution in [3.8, 4) is 0 Å². The molecule has 0 saturated carbocycles. The SMILES string of the molecule is O=C1C(F)C[C@H]2CO[C@H](c3ccccc3)N12. The maximum absolute atomic E-state index is 13.3. The molecule has 1 aromatic carbocycles. The van der Waals surface area contributed by atoms with Crippen molar-refractivity contribution in [2.75, 3.05) is 6.61 Å². The first-order chi connectivity index (χ1) is 7.77. The Labute approximate surface area is 92.8 Å². The Hall–Kier alpha value is -1.42. The zero-order chi connectivity index (χ0) is 11.1. The van der Waals surface area contributed by atoms with Gasteiger partial charge in [-0.3, -0.25) is 4.79 Å². The van der Waals surface area contributed by atoms with Gasteiger partial charge in [0.25, 0.3) is 5.91 Å². The van der Waals surface area contributed by atoms with Crippen molar-refractivity contribution in [3.05, 3.63) is 35.9 Å². The molecule has 1 amide bonds. The number of hydrogen-bond donors (Lipinski definition) is 0. The van der Waals surface area contributed by atoms with E-state index in [0.717, 1.165) is 5.56 Å². The van der Waals surface area contributed by atoms with Crippen LogP contribution in [0.4, 0.5) is 4.39 Å². The second-order valence-corrected chi connectivity index (χ2v) is 4.20. The van der Waals surface area contributed by atoms with Crippen molar-refractivity contribution in [1.29, 1.82) is 0 Å². The minimum absolute atomic E-state index is 0.0901. The third-order valence-corrected chi connectivity index (χ3v) is 3.18. The summed E-state index contributed by atoms with van der Waals surface area (Å²) in [5, 5.41) is 0. The maximum atomic E-state index is 13.3. The number of ether oxygens (including phenoxy) is 1. The molecule has 3 rings (SSSR count). The molecule has 2 heterocycles. The molecule has 0 aliphatic carbocycles. The molecule has 2 aliphatic rings. The summed E-state index contributed by atoms with van der Waals surface area (Å²) in [5.41, 5.74) is 0.910. The summed E-state index contributed by atoms with van der Waals surface area (Å²) in [6.45, 7) is 0.436. The van der Waals surface area contributed by atoms with Crippen LogP contribution >= 0.6 is 0 Å². The number of hydrogen-bond acceptors (Lipinski definition) is 2. The van der Waals surface area contributed by atoms with Crippen molar-refractivity contribution in [1.82, 2.24) is 4.90 Å². The van der Waals surface area contributed by atoms with Gasteiger partial charge in [0.1, 0.15) is 0 Å². The van der Waals surface area contributed by atoms with Crippen molar-refractivity contribution in [2.45, 2.75) is 24.9 Å². The van der Waals surface area contributed by atoms with Crippen LogP contribution in [0.5, 0.6) is 0 Å². The topological polar surface area (TPSA) is 29.5 Å². The van der Waals surface area contributed by atoms with Crippen LogP contribution in [0.3, 0.4) is 0 Å². The largest absolute Gasteiger partial charge is 0.352 e. The number of rotatable bonds is 1. The quantitative estimate of drug-likeness (QED) is 0.721. The lowest BCUT2D eigenvalue weighted by Gasteiger charge is -2.22. The van der Waals surface area contributed by atoms with Gasteiger partial charge in [-0.25, -0.2) is 4.39 Å². The highest BCUT2D eigenvalue weighted by atomic mass is 19.1. The summed E-state index contributed by atoms with van der Waals surface area (Å²) in [6.07, 6.45) is -1.48. The van der Waals surface area contributed by atoms with Gasteiger partial charge < -0.3 is 9.64 Å². The van der Waals surface area contributed by atoms with Crippen LogP contribution in [0.2, 0.25) is 0 Å². The van der Waals surface area contributed by atoms with E-state index in [0.29, 0.717) is 6.61 Å². The second kappa shape index (κ2) is 3.56. The molecule has 4 heteroatoms. The van der Waals surface area contributed by atoms with Gasteiger partial charge in [0.15, 0.2) is 12.4 Å². The fourth-order valence-electron chi connectivity index (χ4n) is 2.41. The first-order valence-electron chi connectivity index (χ1n) is 5.40. The standard InChI is InChI=1S/C12H12FNO2/c13-10-6-9-7-16-12(14(9)11(10)15)8-4-2-1-3-5-8/h1-5,9-10,12H,6-7H2/t9-,10?,12+/m0/s1. The fourth-order valence-corrected chi connectivity index (χ4v) is 2.41. The molecule has 2 aliphatic heterocycles. The summed E-state index contributed by atoms with van der Waals surface area (Å²) in [6, 6.07) is 9.38. The Bertz CT molecular complexity index is 409. The van der Waals surface area contributed by atoms with Gasteiger partial charge in [-0.15, -0.1) is 0 Å². The van der Waals surface area contributed by atoms with Gasteiger partial charge in [-0.1, -0.05) is 30.3 Å². The number of benzene rings is 1. The lowest BCUT2D eigenvalue weighted by molar-refractivity contribution is -0.138. The maximum Gasteiger partial charge on any atom is 0.259 e. The number of amides is 1. The van der Waals surface area contributed by atoms with Crippen LogP contribution in [0.1, 0.15) is 18.2 Å². The molecule has 0 spiro atoms. The van der Waals surface area contributed by atoms with Gasteiger partial charge in [0, 0.05) is 12.0 Å². The third kappa shape index (κ3) is 1.33. The van der Waals surface area contributed by atoms with Crippen molar-refractivity contribution >= 4 is 5.91 Å². The van der Waals surface area contributed by atoms with E-state index < -0.39 is 18.3 Å². The molecule has 1 unspecified atom stereocenters. The van der Waals surface area contributed by atoms with Gasteiger partial charge in [-0.05, 0) is 0 Å². The van der Waals surface area contributed by atoms with Crippen LogP contribution < -0.4 is 0 Å². The lowest BCUT2D eigenvalue weighted by atomic mass is 10.2. The second-order valence-electron chi connectivity index (χ2n) is 4.20. The Kier molecular flexibility index (Phi) is 2.17. The molecule has 0 N–H and O–H groups in total. The monoisotopic (exact) mass is 221 g/mol. The summed E-state index contributed by atoms with van der Waals surface area (Å²) in [7, 11) is 0. The molecule has 16 heavy (non-hydrogen) atoms. The smallest absolute Gasteiger partial charge is 0.259 e. The number of fused-ring (bicyclic) bond motifs is 1. The average Bonchev–Trinajstić information content (AvgIpc) is 2.83. The molecule has 3 atom stereocenters. The molecule has 2 saturated heterocycles. The lowest BCUT2D eigenvalue weighted by Crippen LogP contribution is -2.32. The van der Waals surface area contributed by atoms with E-state index in [1.54, 1.807) is 4.90 Å². The Morgan fingerprint density at radius 3 is 2.81 bits per heavy atom. The zero-order valence-corrected chi connectivity index (χ0v) is 8.67. The third-order valence-electron chi connectivity index (χ3n) is 3.18. The van der Waals surface area contributed by atoms with Crippen LogP contribution in [0.15, 0.2) is 30.3 Å². The van der Waals surface area contributed by atoms with Crippen LogP contribution in [-0.4, -0.2) is 29.6 Å². The molecule has 84 valence electrons.